The molecule has 1 N–H and O–H groups in total. The zero-order valence-corrected chi connectivity index (χ0v) is 17.5. The van der Waals surface area contributed by atoms with Gasteiger partial charge < -0.3 is 5.32 Å². The second-order valence-corrected chi connectivity index (χ2v) is 9.20. The van der Waals surface area contributed by atoms with Gasteiger partial charge in [-0.25, -0.2) is 8.42 Å². The second kappa shape index (κ2) is 8.76. The normalized spacial score (nSPS) is 12.7. The van der Waals surface area contributed by atoms with Crippen molar-refractivity contribution < 1.29 is 13.2 Å². The molecule has 27 heavy (non-hydrogen) atoms. The zero-order chi connectivity index (χ0) is 20.2. The summed E-state index contributed by atoms with van der Waals surface area (Å²) < 4.78 is 27.5. The van der Waals surface area contributed by atoms with Crippen LogP contribution in [0, 0.1) is 12.8 Å². The second-order valence-electron chi connectivity index (χ2n) is 6.90. The number of carbonyl (C=O) groups excluding carboxylic acids is 1. The number of amides is 1. The highest BCUT2D eigenvalue weighted by Gasteiger charge is 2.28. The number of aryl methyl sites for hydroxylation is 1. The lowest BCUT2D eigenvalue weighted by molar-refractivity contribution is -0.120. The van der Waals surface area contributed by atoms with Crippen molar-refractivity contribution in [3.8, 4) is 0 Å². The fraction of sp³-hybridized carbons (Fsp3) is 0.350. The molecule has 2 rings (SSSR count). The molecule has 2 aromatic rings. The van der Waals surface area contributed by atoms with Gasteiger partial charge in [0.1, 0.15) is 6.54 Å². The summed E-state index contributed by atoms with van der Waals surface area (Å²) in [6, 6.07) is 12.9. The third-order valence-corrected chi connectivity index (χ3v) is 6.40. The Bertz CT molecular complexity index is 896. The fourth-order valence-corrected chi connectivity index (χ4v) is 3.98. The molecule has 0 saturated heterocycles. The summed E-state index contributed by atoms with van der Waals surface area (Å²) >= 11 is 6.05. The number of nitrogens with zero attached hydrogens (tertiary/aromatic N) is 1. The largest absolute Gasteiger partial charge is 0.352 e. The van der Waals surface area contributed by atoms with E-state index in [1.54, 1.807) is 30.3 Å². The van der Waals surface area contributed by atoms with Gasteiger partial charge in [-0.05, 0) is 50.1 Å². The van der Waals surface area contributed by atoms with Gasteiger partial charge in [0.2, 0.25) is 5.91 Å². The highest BCUT2D eigenvalue weighted by atomic mass is 35.5. The van der Waals surface area contributed by atoms with Crippen LogP contribution >= 0.6 is 11.6 Å². The van der Waals surface area contributed by atoms with Crippen LogP contribution < -0.4 is 9.62 Å². The number of anilines is 1. The molecule has 146 valence electrons. The van der Waals surface area contributed by atoms with Gasteiger partial charge >= 0.3 is 0 Å². The minimum Gasteiger partial charge on any atom is -0.352 e. The Kier molecular flexibility index (Phi) is 6.89. The van der Waals surface area contributed by atoms with E-state index in [4.69, 9.17) is 11.6 Å². The summed E-state index contributed by atoms with van der Waals surface area (Å²) in [6.07, 6.45) is 0. The van der Waals surface area contributed by atoms with Crippen LogP contribution in [-0.2, 0) is 14.8 Å². The van der Waals surface area contributed by atoms with Crippen molar-refractivity contribution in [3.05, 3.63) is 59.1 Å². The number of carbonyl (C=O) groups is 1. The van der Waals surface area contributed by atoms with Crippen LogP contribution in [0.1, 0.15) is 26.3 Å². The first-order chi connectivity index (χ1) is 12.6. The number of rotatable bonds is 7. The van der Waals surface area contributed by atoms with Gasteiger partial charge in [0.15, 0.2) is 0 Å². The minimum absolute atomic E-state index is 0.0687. The molecule has 0 saturated carbocycles. The van der Waals surface area contributed by atoms with Gasteiger partial charge in [-0.3, -0.25) is 9.10 Å². The molecular formula is C20H25ClN2O3S. The van der Waals surface area contributed by atoms with Crippen LogP contribution in [0.25, 0.3) is 0 Å². The number of hydrogen-bond acceptors (Lipinski definition) is 3. The van der Waals surface area contributed by atoms with Crippen molar-refractivity contribution in [3.63, 3.8) is 0 Å². The van der Waals surface area contributed by atoms with E-state index in [0.29, 0.717) is 10.7 Å². The van der Waals surface area contributed by atoms with Crippen molar-refractivity contribution in [1.29, 1.82) is 0 Å². The van der Waals surface area contributed by atoms with E-state index in [1.165, 1.54) is 18.2 Å². The molecule has 1 atom stereocenters. The summed E-state index contributed by atoms with van der Waals surface area (Å²) in [5, 5.41) is 3.24. The minimum atomic E-state index is -3.92. The molecule has 1 unspecified atom stereocenters. The average Bonchev–Trinajstić information content (AvgIpc) is 2.59. The lowest BCUT2D eigenvalue weighted by Gasteiger charge is -2.26. The van der Waals surface area contributed by atoms with Crippen molar-refractivity contribution >= 4 is 33.2 Å². The number of benzene rings is 2. The van der Waals surface area contributed by atoms with Gasteiger partial charge in [0.05, 0.1) is 10.6 Å². The van der Waals surface area contributed by atoms with E-state index < -0.39 is 10.0 Å². The first kappa shape index (κ1) is 21.3. The van der Waals surface area contributed by atoms with Gasteiger partial charge in [-0.2, -0.15) is 0 Å². The third-order valence-electron chi connectivity index (χ3n) is 4.38. The fourth-order valence-electron chi connectivity index (χ4n) is 2.38. The van der Waals surface area contributed by atoms with Gasteiger partial charge in [0.25, 0.3) is 10.0 Å². The topological polar surface area (TPSA) is 66.5 Å². The van der Waals surface area contributed by atoms with Crippen LogP contribution in [0.5, 0.6) is 0 Å². The molecule has 0 spiro atoms. The summed E-state index contributed by atoms with van der Waals surface area (Å²) in [4.78, 5) is 12.6. The first-order valence-electron chi connectivity index (χ1n) is 8.75. The summed E-state index contributed by atoms with van der Waals surface area (Å²) in [7, 11) is -3.92. The Hall–Kier alpha value is -2.05. The molecule has 5 nitrogen and oxygen atoms in total. The van der Waals surface area contributed by atoms with E-state index in [0.717, 1.165) is 9.87 Å². The lowest BCUT2D eigenvalue weighted by Crippen LogP contribution is -2.45. The number of hydrogen-bond donors (Lipinski definition) is 1. The molecule has 0 aromatic heterocycles. The van der Waals surface area contributed by atoms with E-state index in [2.05, 4.69) is 5.32 Å². The number of halogens is 1. The standard InChI is InChI=1S/C20H25ClN2O3S/c1-14(2)16(4)22-20(24)13-23(18-7-5-6-17(21)12-18)27(25,26)19-10-8-15(3)9-11-19/h5-12,14,16H,13H2,1-4H3,(H,22,24). The Morgan fingerprint density at radius 3 is 2.30 bits per heavy atom. The maximum Gasteiger partial charge on any atom is 0.264 e. The first-order valence-corrected chi connectivity index (χ1v) is 10.6. The molecule has 2 aromatic carbocycles. The molecule has 1 amide bonds. The van der Waals surface area contributed by atoms with E-state index in [-0.39, 0.29) is 29.3 Å². The Balaban J connectivity index is 2.41. The predicted molar refractivity (Wildman–Crippen MR) is 110 cm³/mol. The molecule has 7 heteroatoms. The molecule has 0 radical (unpaired) electrons. The van der Waals surface area contributed by atoms with Gasteiger partial charge in [-0.1, -0.05) is 49.2 Å². The van der Waals surface area contributed by atoms with Crippen molar-refractivity contribution in [2.45, 2.75) is 38.6 Å². The molecule has 0 aliphatic carbocycles. The SMILES string of the molecule is Cc1ccc(S(=O)(=O)N(CC(=O)NC(C)C(C)C)c2cccc(Cl)c2)cc1. The van der Waals surface area contributed by atoms with Crippen LogP contribution in [0.3, 0.4) is 0 Å². The van der Waals surface area contributed by atoms with Crippen LogP contribution in [0.2, 0.25) is 5.02 Å². The summed E-state index contributed by atoms with van der Waals surface area (Å²) in [5.41, 5.74) is 1.29. The van der Waals surface area contributed by atoms with Crippen molar-refractivity contribution in [1.82, 2.24) is 5.32 Å². The van der Waals surface area contributed by atoms with Gasteiger partial charge in [0, 0.05) is 11.1 Å². The van der Waals surface area contributed by atoms with E-state index in [1.807, 2.05) is 27.7 Å². The molecule has 0 fully saturated rings. The zero-order valence-electron chi connectivity index (χ0n) is 15.9. The molecule has 0 aliphatic rings. The van der Waals surface area contributed by atoms with E-state index in [9.17, 15) is 13.2 Å². The third kappa shape index (κ3) is 5.47. The summed E-state index contributed by atoms with van der Waals surface area (Å²) in [6.45, 7) is 7.42. The Morgan fingerprint density at radius 1 is 1.11 bits per heavy atom. The Labute approximate surface area is 166 Å². The van der Waals surface area contributed by atoms with E-state index >= 15 is 0 Å². The van der Waals surface area contributed by atoms with Crippen molar-refractivity contribution in [2.24, 2.45) is 5.92 Å². The predicted octanol–water partition coefficient (Wildman–Crippen LogP) is 4.00. The molecule has 0 bridgehead atoms. The molecule has 0 aliphatic heterocycles. The number of sulfonamides is 1. The quantitative estimate of drug-likeness (QED) is 0.752. The Morgan fingerprint density at radius 2 is 1.74 bits per heavy atom. The monoisotopic (exact) mass is 408 g/mol. The highest BCUT2D eigenvalue weighted by Crippen LogP contribution is 2.26. The maximum absolute atomic E-state index is 13.2. The van der Waals surface area contributed by atoms with Crippen LogP contribution in [-0.4, -0.2) is 26.9 Å². The van der Waals surface area contributed by atoms with Crippen molar-refractivity contribution in [2.75, 3.05) is 10.8 Å². The smallest absolute Gasteiger partial charge is 0.264 e. The molecule has 0 heterocycles. The van der Waals surface area contributed by atoms with Gasteiger partial charge in [-0.15, -0.1) is 0 Å². The van der Waals surface area contributed by atoms with Crippen LogP contribution in [0.4, 0.5) is 5.69 Å². The molecular weight excluding hydrogens is 384 g/mol. The number of nitrogens with one attached hydrogen (secondary N) is 1. The highest BCUT2D eigenvalue weighted by molar-refractivity contribution is 7.92. The summed E-state index contributed by atoms with van der Waals surface area (Å²) in [5.74, 6) is -0.130. The van der Waals surface area contributed by atoms with Crippen LogP contribution in [0.15, 0.2) is 53.4 Å². The average molecular weight is 409 g/mol. The maximum atomic E-state index is 13.2. The lowest BCUT2D eigenvalue weighted by atomic mass is 10.1.